The molecular weight excluding hydrogens is 230 g/mol. The molecule has 18 heavy (non-hydrogen) atoms. The second-order valence-corrected chi connectivity index (χ2v) is 5.34. The van der Waals surface area contributed by atoms with Crippen LogP contribution in [0.25, 0.3) is 0 Å². The van der Waals surface area contributed by atoms with Gasteiger partial charge in [0.05, 0.1) is 24.4 Å². The van der Waals surface area contributed by atoms with Gasteiger partial charge in [-0.3, -0.25) is 4.79 Å². The number of ether oxygens (including phenoxy) is 2. The van der Waals surface area contributed by atoms with E-state index in [9.17, 15) is 4.79 Å². The molecular formula is C14H21NO3. The lowest BCUT2D eigenvalue weighted by molar-refractivity contribution is -0.147. The first-order chi connectivity index (χ1) is 8.69. The van der Waals surface area contributed by atoms with Crippen molar-refractivity contribution in [2.45, 2.75) is 63.6 Å². The molecule has 0 aromatic heterocycles. The van der Waals surface area contributed by atoms with Gasteiger partial charge in [0.15, 0.2) is 0 Å². The van der Waals surface area contributed by atoms with E-state index < -0.39 is 11.9 Å². The van der Waals surface area contributed by atoms with Crippen LogP contribution in [-0.4, -0.2) is 24.3 Å². The summed E-state index contributed by atoms with van der Waals surface area (Å²) in [6.07, 6.45) is 7.35. The molecule has 1 saturated carbocycles. The van der Waals surface area contributed by atoms with Crippen LogP contribution in [0.5, 0.6) is 0 Å². The van der Waals surface area contributed by atoms with E-state index in [2.05, 4.69) is 0 Å². The summed E-state index contributed by atoms with van der Waals surface area (Å²) < 4.78 is 11.0. The van der Waals surface area contributed by atoms with Crippen molar-refractivity contribution in [3.8, 4) is 6.07 Å². The zero-order valence-corrected chi connectivity index (χ0v) is 11.0. The highest BCUT2D eigenvalue weighted by Crippen LogP contribution is 2.44. The first kappa shape index (κ1) is 13.4. The van der Waals surface area contributed by atoms with Gasteiger partial charge in [0, 0.05) is 6.42 Å². The van der Waals surface area contributed by atoms with Gasteiger partial charge >= 0.3 is 5.97 Å². The minimum Gasteiger partial charge on any atom is -0.465 e. The molecule has 4 nitrogen and oxygen atoms in total. The summed E-state index contributed by atoms with van der Waals surface area (Å²) in [5, 5.41) is 9.03. The fourth-order valence-corrected chi connectivity index (χ4v) is 3.16. The average Bonchev–Trinajstić information content (AvgIpc) is 2.98. The summed E-state index contributed by atoms with van der Waals surface area (Å²) in [4.78, 5) is 11.6. The van der Waals surface area contributed by atoms with Crippen molar-refractivity contribution in [1.29, 1.82) is 5.26 Å². The van der Waals surface area contributed by atoms with Gasteiger partial charge in [-0.2, -0.15) is 5.26 Å². The molecule has 2 aliphatic rings. The normalized spacial score (nSPS) is 27.0. The maximum Gasteiger partial charge on any atom is 0.323 e. The maximum atomic E-state index is 11.6. The second kappa shape index (κ2) is 5.71. The lowest BCUT2D eigenvalue weighted by Gasteiger charge is -2.24. The predicted octanol–water partition coefficient (Wildman–Crippen LogP) is 2.57. The Labute approximate surface area is 108 Å². The van der Waals surface area contributed by atoms with Crippen LogP contribution < -0.4 is 0 Å². The summed E-state index contributed by atoms with van der Waals surface area (Å²) in [5.74, 6) is -1.08. The first-order valence-electron chi connectivity index (χ1n) is 6.93. The minimum absolute atomic E-state index is 0.0529. The van der Waals surface area contributed by atoms with Crippen LogP contribution in [0.1, 0.15) is 51.9 Å². The number of rotatable bonds is 4. The molecule has 0 aromatic carbocycles. The molecule has 1 saturated heterocycles. The summed E-state index contributed by atoms with van der Waals surface area (Å²) in [7, 11) is 0. The highest BCUT2D eigenvalue weighted by atomic mass is 16.5. The summed E-state index contributed by atoms with van der Waals surface area (Å²) >= 11 is 0. The fraction of sp³-hybridized carbons (Fsp3) is 0.857. The monoisotopic (exact) mass is 251 g/mol. The van der Waals surface area contributed by atoms with E-state index in [-0.39, 0.29) is 11.7 Å². The third-order valence-corrected chi connectivity index (χ3v) is 4.08. The SMILES string of the molecule is CCOC(=O)C(C#N)CC1CCC2(CCCC2)O1. The second-order valence-electron chi connectivity index (χ2n) is 5.34. The van der Waals surface area contributed by atoms with Crippen molar-refractivity contribution in [2.75, 3.05) is 6.61 Å². The molecule has 0 bridgehead atoms. The van der Waals surface area contributed by atoms with Gasteiger partial charge in [0.1, 0.15) is 5.92 Å². The number of nitrogens with zero attached hydrogens (tertiary/aromatic N) is 1. The van der Waals surface area contributed by atoms with Crippen LogP contribution in [-0.2, 0) is 14.3 Å². The largest absolute Gasteiger partial charge is 0.465 e. The molecule has 1 aliphatic carbocycles. The Kier molecular flexibility index (Phi) is 4.23. The smallest absolute Gasteiger partial charge is 0.323 e. The van der Waals surface area contributed by atoms with Crippen LogP contribution >= 0.6 is 0 Å². The maximum absolute atomic E-state index is 11.6. The molecule has 0 radical (unpaired) electrons. The van der Waals surface area contributed by atoms with E-state index in [4.69, 9.17) is 14.7 Å². The van der Waals surface area contributed by atoms with E-state index in [1.54, 1.807) is 6.92 Å². The molecule has 100 valence electrons. The Hall–Kier alpha value is -1.08. The van der Waals surface area contributed by atoms with Gasteiger partial charge in [-0.25, -0.2) is 0 Å². The highest BCUT2D eigenvalue weighted by Gasteiger charge is 2.43. The Bertz CT molecular complexity index is 341. The quantitative estimate of drug-likeness (QED) is 0.720. The number of hydrogen-bond acceptors (Lipinski definition) is 4. The lowest BCUT2D eigenvalue weighted by Crippen LogP contribution is -2.27. The molecule has 0 amide bonds. The highest BCUT2D eigenvalue weighted by molar-refractivity contribution is 5.75. The van der Waals surface area contributed by atoms with Crippen molar-refractivity contribution in [1.82, 2.24) is 0 Å². The van der Waals surface area contributed by atoms with Gasteiger partial charge in [0.25, 0.3) is 0 Å². The zero-order chi connectivity index (χ0) is 13.0. The Morgan fingerprint density at radius 3 is 2.83 bits per heavy atom. The van der Waals surface area contributed by atoms with Gasteiger partial charge in [-0.15, -0.1) is 0 Å². The summed E-state index contributed by atoms with van der Waals surface area (Å²) in [6, 6.07) is 2.04. The molecule has 2 unspecified atom stereocenters. The van der Waals surface area contributed by atoms with Crippen molar-refractivity contribution in [3.05, 3.63) is 0 Å². The summed E-state index contributed by atoms with van der Waals surface area (Å²) in [6.45, 7) is 2.08. The van der Waals surface area contributed by atoms with E-state index in [0.717, 1.165) is 25.7 Å². The zero-order valence-electron chi connectivity index (χ0n) is 11.0. The first-order valence-corrected chi connectivity index (χ1v) is 6.93. The number of carbonyl (C=O) groups excluding carboxylic acids is 1. The number of carbonyl (C=O) groups is 1. The number of nitriles is 1. The lowest BCUT2D eigenvalue weighted by atomic mass is 9.96. The van der Waals surface area contributed by atoms with E-state index >= 15 is 0 Å². The Morgan fingerprint density at radius 2 is 2.22 bits per heavy atom. The van der Waals surface area contributed by atoms with Crippen LogP contribution in [0.15, 0.2) is 0 Å². The molecule has 2 rings (SSSR count). The van der Waals surface area contributed by atoms with Crippen LogP contribution in [0.2, 0.25) is 0 Å². The van der Waals surface area contributed by atoms with Gasteiger partial charge < -0.3 is 9.47 Å². The molecule has 0 aromatic rings. The van der Waals surface area contributed by atoms with Crippen molar-refractivity contribution < 1.29 is 14.3 Å². The third-order valence-electron chi connectivity index (χ3n) is 4.08. The molecule has 1 heterocycles. The van der Waals surface area contributed by atoms with E-state index in [1.165, 1.54) is 12.8 Å². The molecule has 2 atom stereocenters. The molecule has 1 aliphatic heterocycles. The van der Waals surface area contributed by atoms with E-state index in [0.29, 0.717) is 13.0 Å². The van der Waals surface area contributed by atoms with Crippen LogP contribution in [0.4, 0.5) is 0 Å². The predicted molar refractivity (Wildman–Crippen MR) is 65.7 cm³/mol. The fourth-order valence-electron chi connectivity index (χ4n) is 3.16. The molecule has 1 spiro atoms. The minimum atomic E-state index is -0.675. The van der Waals surface area contributed by atoms with Gasteiger partial charge in [-0.05, 0) is 32.6 Å². The molecule has 4 heteroatoms. The standard InChI is InChI=1S/C14H21NO3/c1-2-17-13(16)11(10-15)9-12-5-8-14(18-12)6-3-4-7-14/h11-12H,2-9H2,1H3. The summed E-state index contributed by atoms with van der Waals surface area (Å²) in [5.41, 5.74) is 0.0688. The third kappa shape index (κ3) is 2.84. The molecule has 0 N–H and O–H groups in total. The van der Waals surface area contributed by atoms with Crippen LogP contribution in [0.3, 0.4) is 0 Å². The average molecular weight is 251 g/mol. The van der Waals surface area contributed by atoms with Gasteiger partial charge in [0.2, 0.25) is 0 Å². The molecule has 2 fully saturated rings. The Morgan fingerprint density at radius 1 is 1.50 bits per heavy atom. The van der Waals surface area contributed by atoms with Crippen molar-refractivity contribution >= 4 is 5.97 Å². The number of hydrogen-bond donors (Lipinski definition) is 0. The van der Waals surface area contributed by atoms with Crippen molar-refractivity contribution in [2.24, 2.45) is 5.92 Å². The van der Waals surface area contributed by atoms with Crippen LogP contribution in [0, 0.1) is 17.2 Å². The van der Waals surface area contributed by atoms with Crippen molar-refractivity contribution in [3.63, 3.8) is 0 Å². The Balaban J connectivity index is 1.86. The van der Waals surface area contributed by atoms with Gasteiger partial charge in [-0.1, -0.05) is 12.8 Å². The topological polar surface area (TPSA) is 59.3 Å². The number of esters is 1. The van der Waals surface area contributed by atoms with E-state index in [1.807, 2.05) is 6.07 Å².